The SMILES string of the molecule is CCCNC(Cc1ccc(OC)c(F)c1)C(OC)OC. The number of rotatable bonds is 9. The van der Waals surface area contributed by atoms with Crippen LogP contribution in [0.5, 0.6) is 5.75 Å². The molecule has 0 bridgehead atoms. The van der Waals surface area contributed by atoms with Gasteiger partial charge in [0.25, 0.3) is 0 Å². The lowest BCUT2D eigenvalue weighted by atomic mass is 10.0. The van der Waals surface area contributed by atoms with Gasteiger partial charge in [-0.25, -0.2) is 4.39 Å². The maximum Gasteiger partial charge on any atom is 0.172 e. The van der Waals surface area contributed by atoms with E-state index in [1.54, 1.807) is 20.3 Å². The molecule has 0 saturated heterocycles. The van der Waals surface area contributed by atoms with Crippen LogP contribution in [0, 0.1) is 5.82 Å². The summed E-state index contributed by atoms with van der Waals surface area (Å²) < 4.78 is 29.2. The molecular formula is C15H24FNO3. The summed E-state index contributed by atoms with van der Waals surface area (Å²) in [4.78, 5) is 0. The number of ether oxygens (including phenoxy) is 3. The zero-order chi connectivity index (χ0) is 15.0. The van der Waals surface area contributed by atoms with Crippen LogP contribution in [-0.4, -0.2) is 40.2 Å². The van der Waals surface area contributed by atoms with Gasteiger partial charge >= 0.3 is 0 Å². The van der Waals surface area contributed by atoms with Gasteiger partial charge in [0.1, 0.15) is 0 Å². The highest BCUT2D eigenvalue weighted by molar-refractivity contribution is 5.29. The van der Waals surface area contributed by atoms with E-state index in [1.807, 2.05) is 6.07 Å². The predicted molar refractivity (Wildman–Crippen MR) is 76.5 cm³/mol. The fourth-order valence-corrected chi connectivity index (χ4v) is 2.11. The highest BCUT2D eigenvalue weighted by Gasteiger charge is 2.21. The van der Waals surface area contributed by atoms with Crippen LogP contribution >= 0.6 is 0 Å². The summed E-state index contributed by atoms with van der Waals surface area (Å²) in [7, 11) is 4.66. The van der Waals surface area contributed by atoms with E-state index < -0.39 is 0 Å². The van der Waals surface area contributed by atoms with E-state index in [0.717, 1.165) is 18.5 Å². The van der Waals surface area contributed by atoms with Gasteiger partial charge in [0.2, 0.25) is 0 Å². The third-order valence-electron chi connectivity index (χ3n) is 3.12. The van der Waals surface area contributed by atoms with Crippen LogP contribution in [0.25, 0.3) is 0 Å². The van der Waals surface area contributed by atoms with E-state index in [4.69, 9.17) is 14.2 Å². The molecule has 1 aromatic carbocycles. The van der Waals surface area contributed by atoms with Gasteiger partial charge in [-0.05, 0) is 37.1 Å². The molecule has 0 saturated carbocycles. The van der Waals surface area contributed by atoms with Crippen LogP contribution in [0.1, 0.15) is 18.9 Å². The summed E-state index contributed by atoms with van der Waals surface area (Å²) in [5.74, 6) is -0.104. The average Bonchev–Trinajstić information content (AvgIpc) is 2.46. The van der Waals surface area contributed by atoms with Crippen LogP contribution in [0.4, 0.5) is 4.39 Å². The molecule has 1 atom stereocenters. The van der Waals surface area contributed by atoms with Gasteiger partial charge in [-0.15, -0.1) is 0 Å². The lowest BCUT2D eigenvalue weighted by molar-refractivity contribution is -0.122. The smallest absolute Gasteiger partial charge is 0.172 e. The number of hydrogen-bond donors (Lipinski definition) is 1. The zero-order valence-electron chi connectivity index (χ0n) is 12.6. The van der Waals surface area contributed by atoms with E-state index in [2.05, 4.69) is 12.2 Å². The van der Waals surface area contributed by atoms with Crippen molar-refractivity contribution >= 4 is 0 Å². The van der Waals surface area contributed by atoms with Crippen LogP contribution in [0.15, 0.2) is 18.2 Å². The molecule has 20 heavy (non-hydrogen) atoms. The highest BCUT2D eigenvalue weighted by atomic mass is 19.1. The van der Waals surface area contributed by atoms with Gasteiger partial charge in [0.15, 0.2) is 17.9 Å². The molecule has 0 aliphatic carbocycles. The number of halogens is 1. The maximum absolute atomic E-state index is 13.7. The Bertz CT molecular complexity index is 397. The third-order valence-corrected chi connectivity index (χ3v) is 3.12. The maximum atomic E-state index is 13.7. The summed E-state index contributed by atoms with van der Waals surface area (Å²) in [6.45, 7) is 2.94. The van der Waals surface area contributed by atoms with Gasteiger partial charge in [-0.1, -0.05) is 13.0 Å². The van der Waals surface area contributed by atoms with Crippen molar-refractivity contribution in [2.45, 2.75) is 32.1 Å². The van der Waals surface area contributed by atoms with Crippen molar-refractivity contribution in [3.8, 4) is 5.75 Å². The summed E-state index contributed by atoms with van der Waals surface area (Å²) in [6.07, 6.45) is 1.26. The largest absolute Gasteiger partial charge is 0.494 e. The number of benzene rings is 1. The zero-order valence-corrected chi connectivity index (χ0v) is 12.6. The van der Waals surface area contributed by atoms with Crippen molar-refractivity contribution in [1.29, 1.82) is 0 Å². The second-order valence-electron chi connectivity index (χ2n) is 4.57. The molecule has 5 heteroatoms. The second-order valence-corrected chi connectivity index (χ2v) is 4.57. The molecule has 0 radical (unpaired) electrons. The quantitative estimate of drug-likeness (QED) is 0.707. The highest BCUT2D eigenvalue weighted by Crippen LogP contribution is 2.19. The molecular weight excluding hydrogens is 261 g/mol. The molecule has 4 nitrogen and oxygen atoms in total. The third kappa shape index (κ3) is 4.74. The Hall–Kier alpha value is -1.17. The molecule has 0 aromatic heterocycles. The fraction of sp³-hybridized carbons (Fsp3) is 0.600. The summed E-state index contributed by atoms with van der Waals surface area (Å²) in [6, 6.07) is 4.95. The standard InChI is InChI=1S/C15H24FNO3/c1-5-8-17-13(15(19-3)20-4)10-11-6-7-14(18-2)12(16)9-11/h6-7,9,13,15,17H,5,8,10H2,1-4H3. The minimum atomic E-state index is -0.369. The van der Waals surface area contributed by atoms with Crippen LogP contribution in [0.2, 0.25) is 0 Å². The number of hydrogen-bond acceptors (Lipinski definition) is 4. The van der Waals surface area contributed by atoms with Crippen LogP contribution in [0.3, 0.4) is 0 Å². The second kappa shape index (κ2) is 8.89. The van der Waals surface area contributed by atoms with Crippen molar-refractivity contribution in [3.05, 3.63) is 29.6 Å². The molecule has 0 aliphatic rings. The molecule has 1 N–H and O–H groups in total. The van der Waals surface area contributed by atoms with Crippen molar-refractivity contribution in [1.82, 2.24) is 5.32 Å². The van der Waals surface area contributed by atoms with E-state index in [-0.39, 0.29) is 23.9 Å². The summed E-state index contributed by atoms with van der Waals surface area (Å²) >= 11 is 0. The Labute approximate surface area is 120 Å². The number of methoxy groups -OCH3 is 3. The van der Waals surface area contributed by atoms with Crippen LogP contribution in [-0.2, 0) is 15.9 Å². The molecule has 0 heterocycles. The van der Waals surface area contributed by atoms with E-state index >= 15 is 0 Å². The number of nitrogens with one attached hydrogen (secondary N) is 1. The minimum Gasteiger partial charge on any atom is -0.494 e. The predicted octanol–water partition coefficient (Wildman–Crippen LogP) is 2.36. The van der Waals surface area contributed by atoms with Gasteiger partial charge < -0.3 is 19.5 Å². The van der Waals surface area contributed by atoms with Gasteiger partial charge in [-0.3, -0.25) is 0 Å². The van der Waals surface area contributed by atoms with E-state index in [0.29, 0.717) is 6.42 Å². The van der Waals surface area contributed by atoms with Crippen LogP contribution < -0.4 is 10.1 Å². The molecule has 0 amide bonds. The normalized spacial score (nSPS) is 12.7. The molecule has 0 fully saturated rings. The monoisotopic (exact) mass is 285 g/mol. The topological polar surface area (TPSA) is 39.7 Å². The first-order valence-corrected chi connectivity index (χ1v) is 6.77. The Morgan fingerprint density at radius 2 is 1.90 bits per heavy atom. The Morgan fingerprint density at radius 3 is 2.40 bits per heavy atom. The van der Waals surface area contributed by atoms with Crippen molar-refractivity contribution in [3.63, 3.8) is 0 Å². The molecule has 1 aromatic rings. The van der Waals surface area contributed by atoms with Crippen molar-refractivity contribution in [2.75, 3.05) is 27.9 Å². The first-order valence-electron chi connectivity index (χ1n) is 6.77. The van der Waals surface area contributed by atoms with Gasteiger partial charge in [0.05, 0.1) is 13.2 Å². The average molecular weight is 285 g/mol. The molecule has 0 aliphatic heterocycles. The molecule has 0 spiro atoms. The fourth-order valence-electron chi connectivity index (χ4n) is 2.11. The van der Waals surface area contributed by atoms with Crippen molar-refractivity contribution < 1.29 is 18.6 Å². The first-order chi connectivity index (χ1) is 9.65. The Balaban J connectivity index is 2.79. The van der Waals surface area contributed by atoms with Crippen molar-refractivity contribution in [2.24, 2.45) is 0 Å². The molecule has 114 valence electrons. The van der Waals surface area contributed by atoms with E-state index in [1.165, 1.54) is 13.2 Å². The van der Waals surface area contributed by atoms with E-state index in [9.17, 15) is 4.39 Å². The lowest BCUT2D eigenvalue weighted by Gasteiger charge is -2.26. The van der Waals surface area contributed by atoms with Gasteiger partial charge in [-0.2, -0.15) is 0 Å². The Kier molecular flexibility index (Phi) is 7.51. The Morgan fingerprint density at radius 1 is 1.20 bits per heavy atom. The molecule has 1 rings (SSSR count). The molecule has 1 unspecified atom stereocenters. The lowest BCUT2D eigenvalue weighted by Crippen LogP contribution is -2.44. The van der Waals surface area contributed by atoms with Gasteiger partial charge in [0, 0.05) is 14.2 Å². The summed E-state index contributed by atoms with van der Waals surface area (Å²) in [5, 5.41) is 3.36. The minimum absolute atomic E-state index is 0.0299. The summed E-state index contributed by atoms with van der Waals surface area (Å²) in [5.41, 5.74) is 0.871. The first kappa shape index (κ1) is 16.9.